The first kappa shape index (κ1) is 15.4. The lowest BCUT2D eigenvalue weighted by molar-refractivity contribution is 0.0982. The quantitative estimate of drug-likeness (QED) is 0.826. The topological polar surface area (TPSA) is 13.0 Å². The van der Waals surface area contributed by atoms with Crippen LogP contribution in [0.2, 0.25) is 0 Å². The number of anilines is 1. The maximum atomic E-state index is 2.73. The van der Waals surface area contributed by atoms with Crippen molar-refractivity contribution in [1.82, 2.24) is 14.7 Å². The number of likely N-dealkylation sites (N-methyl/N-ethyl adjacent to an activating group) is 1. The number of piperazine rings is 1. The molecule has 1 aromatic rings. The molecule has 3 aliphatic heterocycles. The van der Waals surface area contributed by atoms with Crippen LogP contribution in [0.5, 0.6) is 0 Å². The fourth-order valence-electron chi connectivity index (χ4n) is 4.42. The van der Waals surface area contributed by atoms with E-state index in [-0.39, 0.29) is 0 Å². The van der Waals surface area contributed by atoms with E-state index in [4.69, 9.17) is 0 Å². The first-order valence-electron chi connectivity index (χ1n) is 9.17. The van der Waals surface area contributed by atoms with Gasteiger partial charge < -0.3 is 9.80 Å². The number of fused-ring (bicyclic) bond motifs is 1. The molecule has 0 saturated carbocycles. The third-order valence-corrected chi connectivity index (χ3v) is 5.95. The summed E-state index contributed by atoms with van der Waals surface area (Å²) in [5.41, 5.74) is 4.49. The van der Waals surface area contributed by atoms with Crippen molar-refractivity contribution in [3.05, 3.63) is 29.3 Å². The molecule has 0 unspecified atom stereocenters. The Bertz CT molecular complexity index is 542. The zero-order valence-corrected chi connectivity index (χ0v) is 14.7. The van der Waals surface area contributed by atoms with Gasteiger partial charge in [0.15, 0.2) is 0 Å². The van der Waals surface area contributed by atoms with E-state index >= 15 is 0 Å². The van der Waals surface area contributed by atoms with Gasteiger partial charge in [-0.15, -0.1) is 0 Å². The normalized spacial score (nSPS) is 25.0. The van der Waals surface area contributed by atoms with Crippen molar-refractivity contribution in [3.8, 4) is 0 Å². The first-order valence-corrected chi connectivity index (χ1v) is 9.17. The van der Waals surface area contributed by atoms with E-state index in [0.717, 1.165) is 19.1 Å². The van der Waals surface area contributed by atoms with Crippen molar-refractivity contribution in [3.63, 3.8) is 0 Å². The smallest absolute Gasteiger partial charge is 0.0369 e. The van der Waals surface area contributed by atoms with Crippen LogP contribution < -0.4 is 4.90 Å². The Balaban J connectivity index is 1.36. The SMILES string of the molecule is CN1CCN(C2CCN(c3ccc4c(c3)CN(C)C4)CC2)CC1. The molecule has 2 saturated heterocycles. The summed E-state index contributed by atoms with van der Waals surface area (Å²) in [7, 11) is 4.45. The number of benzene rings is 1. The predicted octanol–water partition coefficient (Wildman–Crippen LogP) is 1.85. The third-order valence-electron chi connectivity index (χ3n) is 5.95. The molecule has 0 aliphatic carbocycles. The summed E-state index contributed by atoms with van der Waals surface area (Å²) in [4.78, 5) is 10.2. The van der Waals surface area contributed by atoms with Crippen LogP contribution in [-0.4, -0.2) is 74.1 Å². The summed E-state index contributed by atoms with van der Waals surface area (Å²) < 4.78 is 0. The minimum Gasteiger partial charge on any atom is -0.371 e. The van der Waals surface area contributed by atoms with Gasteiger partial charge in [-0.25, -0.2) is 0 Å². The highest BCUT2D eigenvalue weighted by Gasteiger charge is 2.27. The lowest BCUT2D eigenvalue weighted by atomic mass is 10.0. The minimum absolute atomic E-state index is 0.806. The average molecular weight is 314 g/mol. The molecular formula is C19H30N4. The fourth-order valence-corrected chi connectivity index (χ4v) is 4.42. The molecule has 1 aromatic carbocycles. The second kappa shape index (κ2) is 6.42. The van der Waals surface area contributed by atoms with E-state index in [2.05, 4.69) is 51.9 Å². The minimum atomic E-state index is 0.806. The van der Waals surface area contributed by atoms with Gasteiger partial charge in [-0.2, -0.15) is 0 Å². The molecule has 23 heavy (non-hydrogen) atoms. The molecule has 0 atom stereocenters. The summed E-state index contributed by atoms with van der Waals surface area (Å²) in [6.45, 7) is 9.63. The zero-order chi connectivity index (χ0) is 15.8. The highest BCUT2D eigenvalue weighted by Crippen LogP contribution is 2.29. The van der Waals surface area contributed by atoms with Crippen molar-refractivity contribution >= 4 is 5.69 Å². The summed E-state index contributed by atoms with van der Waals surface area (Å²) in [6, 6.07) is 7.93. The van der Waals surface area contributed by atoms with Gasteiger partial charge >= 0.3 is 0 Å². The van der Waals surface area contributed by atoms with Crippen molar-refractivity contribution in [2.24, 2.45) is 0 Å². The molecule has 0 amide bonds. The highest BCUT2D eigenvalue weighted by atomic mass is 15.3. The van der Waals surface area contributed by atoms with Gasteiger partial charge in [-0.1, -0.05) is 6.07 Å². The molecule has 126 valence electrons. The molecule has 4 rings (SSSR count). The molecule has 0 aromatic heterocycles. The first-order chi connectivity index (χ1) is 11.2. The Morgan fingerprint density at radius 3 is 2.22 bits per heavy atom. The standard InChI is InChI=1S/C19H30N4/c1-20-9-11-23(12-10-20)18-5-7-22(8-6-18)19-4-3-16-14-21(2)15-17(16)13-19/h3-4,13,18H,5-12,14-15H2,1-2H3. The number of rotatable bonds is 2. The number of piperidine rings is 1. The molecule has 0 spiro atoms. The van der Waals surface area contributed by atoms with E-state index in [1.807, 2.05) is 0 Å². The van der Waals surface area contributed by atoms with Crippen LogP contribution in [0.1, 0.15) is 24.0 Å². The van der Waals surface area contributed by atoms with Crippen molar-refractivity contribution in [2.45, 2.75) is 32.0 Å². The molecular weight excluding hydrogens is 284 g/mol. The second-order valence-corrected chi connectivity index (χ2v) is 7.68. The second-order valence-electron chi connectivity index (χ2n) is 7.68. The van der Waals surface area contributed by atoms with Crippen LogP contribution in [0.25, 0.3) is 0 Å². The fraction of sp³-hybridized carbons (Fsp3) is 0.684. The van der Waals surface area contributed by atoms with Crippen LogP contribution in [0.3, 0.4) is 0 Å². The maximum Gasteiger partial charge on any atom is 0.0369 e. The van der Waals surface area contributed by atoms with Crippen LogP contribution in [0, 0.1) is 0 Å². The Labute approximate surface area is 140 Å². The highest BCUT2D eigenvalue weighted by molar-refractivity contribution is 5.52. The van der Waals surface area contributed by atoms with Crippen molar-refractivity contribution in [1.29, 1.82) is 0 Å². The molecule has 4 heteroatoms. The summed E-state index contributed by atoms with van der Waals surface area (Å²) >= 11 is 0. The largest absolute Gasteiger partial charge is 0.371 e. The molecule has 4 nitrogen and oxygen atoms in total. The summed E-state index contributed by atoms with van der Waals surface area (Å²) in [5.74, 6) is 0. The van der Waals surface area contributed by atoms with Crippen molar-refractivity contribution in [2.75, 3.05) is 58.3 Å². The Kier molecular flexibility index (Phi) is 4.31. The molecule has 2 fully saturated rings. The van der Waals surface area contributed by atoms with Gasteiger partial charge in [0.2, 0.25) is 0 Å². The van der Waals surface area contributed by atoms with Crippen LogP contribution in [-0.2, 0) is 13.1 Å². The lowest BCUT2D eigenvalue weighted by Gasteiger charge is -2.42. The Morgan fingerprint density at radius 2 is 1.48 bits per heavy atom. The van der Waals surface area contributed by atoms with Gasteiger partial charge in [0, 0.05) is 64.1 Å². The Hall–Kier alpha value is -1.10. The third kappa shape index (κ3) is 3.25. The maximum absolute atomic E-state index is 2.73. The summed E-state index contributed by atoms with van der Waals surface area (Å²) in [6.07, 6.45) is 2.64. The van der Waals surface area contributed by atoms with Gasteiger partial charge in [0.1, 0.15) is 0 Å². The average Bonchev–Trinajstić information content (AvgIpc) is 2.95. The van der Waals surface area contributed by atoms with Gasteiger partial charge in [-0.3, -0.25) is 9.80 Å². The van der Waals surface area contributed by atoms with E-state index in [1.165, 1.54) is 68.9 Å². The number of hydrogen-bond donors (Lipinski definition) is 0. The van der Waals surface area contributed by atoms with E-state index in [1.54, 1.807) is 0 Å². The van der Waals surface area contributed by atoms with Crippen LogP contribution in [0.4, 0.5) is 5.69 Å². The molecule has 0 bridgehead atoms. The van der Waals surface area contributed by atoms with Gasteiger partial charge in [0.05, 0.1) is 0 Å². The van der Waals surface area contributed by atoms with Crippen LogP contribution in [0.15, 0.2) is 18.2 Å². The van der Waals surface area contributed by atoms with Crippen LogP contribution >= 0.6 is 0 Å². The lowest BCUT2D eigenvalue weighted by Crippen LogP contribution is -2.52. The number of hydrogen-bond acceptors (Lipinski definition) is 4. The molecule has 3 aliphatic rings. The van der Waals surface area contributed by atoms with Crippen molar-refractivity contribution < 1.29 is 0 Å². The zero-order valence-electron chi connectivity index (χ0n) is 14.7. The van der Waals surface area contributed by atoms with E-state index < -0.39 is 0 Å². The van der Waals surface area contributed by atoms with Gasteiger partial charge in [0.25, 0.3) is 0 Å². The summed E-state index contributed by atoms with van der Waals surface area (Å²) in [5, 5.41) is 0. The Morgan fingerprint density at radius 1 is 0.783 bits per heavy atom. The molecule has 3 heterocycles. The number of nitrogens with zero attached hydrogens (tertiary/aromatic N) is 4. The van der Waals surface area contributed by atoms with E-state index in [9.17, 15) is 0 Å². The van der Waals surface area contributed by atoms with Gasteiger partial charge in [-0.05, 0) is 50.2 Å². The molecule has 0 radical (unpaired) electrons. The predicted molar refractivity (Wildman–Crippen MR) is 95.9 cm³/mol. The molecule has 0 N–H and O–H groups in total. The monoisotopic (exact) mass is 314 g/mol. The van der Waals surface area contributed by atoms with E-state index in [0.29, 0.717) is 0 Å².